The number of nitrogens with zero attached hydrogens (tertiary/aromatic N) is 2. The number of alkyl halides is 2. The molecule has 7 heteroatoms. The monoisotopic (exact) mass is 458 g/mol. The number of rotatable bonds is 5. The summed E-state index contributed by atoms with van der Waals surface area (Å²) < 4.78 is 26.1. The van der Waals surface area contributed by atoms with Crippen molar-refractivity contribution in [2.75, 3.05) is 18.4 Å². The molecule has 2 aromatic carbocycles. The number of piperidine rings is 1. The van der Waals surface area contributed by atoms with Crippen LogP contribution >= 0.6 is 0 Å². The largest absolute Gasteiger partial charge is 0.317 e. The molecule has 1 aliphatic heterocycles. The smallest absolute Gasteiger partial charge is 0.265 e. The van der Waals surface area contributed by atoms with Gasteiger partial charge in [0.05, 0.1) is 0 Å². The molecule has 0 bridgehead atoms. The van der Waals surface area contributed by atoms with E-state index in [-0.39, 0.29) is 11.5 Å². The van der Waals surface area contributed by atoms with Crippen LogP contribution in [0.15, 0.2) is 73.2 Å². The van der Waals surface area contributed by atoms with Gasteiger partial charge in [0.2, 0.25) is 0 Å². The summed E-state index contributed by atoms with van der Waals surface area (Å²) in [6.07, 6.45) is 3.98. The maximum absolute atomic E-state index is 13.1. The van der Waals surface area contributed by atoms with Crippen molar-refractivity contribution >= 4 is 22.5 Å². The molecule has 1 amide bonds. The van der Waals surface area contributed by atoms with Crippen LogP contribution in [0.3, 0.4) is 0 Å². The Hall–Kier alpha value is -3.71. The Morgan fingerprint density at radius 3 is 2.62 bits per heavy atom. The highest BCUT2D eigenvalue weighted by Crippen LogP contribution is 2.29. The number of carbonyl (C=O) groups is 1. The quantitative estimate of drug-likeness (QED) is 0.388. The Morgan fingerprint density at radius 2 is 1.79 bits per heavy atom. The highest BCUT2D eigenvalue weighted by molar-refractivity contribution is 6.04. The highest BCUT2D eigenvalue weighted by atomic mass is 19.3. The molecule has 1 saturated heterocycles. The van der Waals surface area contributed by atoms with Gasteiger partial charge in [-0.15, -0.1) is 0 Å². The van der Waals surface area contributed by atoms with Crippen molar-refractivity contribution in [1.82, 2.24) is 15.3 Å². The Labute approximate surface area is 196 Å². The van der Waals surface area contributed by atoms with Crippen LogP contribution in [-0.2, 0) is 0 Å². The number of pyridine rings is 2. The molecule has 0 saturated carbocycles. The Balaban J connectivity index is 1.38. The summed E-state index contributed by atoms with van der Waals surface area (Å²) in [5.41, 5.74) is 3.04. The van der Waals surface area contributed by atoms with Gasteiger partial charge in [-0.25, -0.2) is 13.8 Å². The van der Waals surface area contributed by atoms with Crippen molar-refractivity contribution in [3.63, 3.8) is 0 Å². The summed E-state index contributed by atoms with van der Waals surface area (Å²) in [6.45, 7) is 1.99. The summed E-state index contributed by atoms with van der Waals surface area (Å²) in [7, 11) is 0. The van der Waals surface area contributed by atoms with Gasteiger partial charge in [0.25, 0.3) is 12.3 Å². The molecule has 1 fully saturated rings. The fourth-order valence-electron chi connectivity index (χ4n) is 4.40. The molecular weight excluding hydrogens is 434 g/mol. The molecular formula is C27H24F2N4O. The lowest BCUT2D eigenvalue weighted by Crippen LogP contribution is -2.26. The first-order chi connectivity index (χ1) is 16.6. The van der Waals surface area contributed by atoms with E-state index >= 15 is 0 Å². The first-order valence-corrected chi connectivity index (χ1v) is 11.3. The molecule has 0 atom stereocenters. The number of hydrogen-bond donors (Lipinski definition) is 2. The minimum absolute atomic E-state index is 0.119. The van der Waals surface area contributed by atoms with Gasteiger partial charge in [-0.05, 0) is 78.7 Å². The second kappa shape index (κ2) is 9.65. The van der Waals surface area contributed by atoms with Crippen molar-refractivity contribution in [3.05, 3.63) is 89.9 Å². The van der Waals surface area contributed by atoms with Gasteiger partial charge in [-0.3, -0.25) is 9.78 Å². The maximum Gasteiger partial charge on any atom is 0.265 e. The van der Waals surface area contributed by atoms with Gasteiger partial charge < -0.3 is 10.6 Å². The van der Waals surface area contributed by atoms with Crippen LogP contribution in [-0.4, -0.2) is 29.0 Å². The first kappa shape index (κ1) is 22.1. The number of hydrogen-bond acceptors (Lipinski definition) is 4. The van der Waals surface area contributed by atoms with E-state index in [1.54, 1.807) is 18.5 Å². The molecule has 0 radical (unpaired) electrons. The number of fused-ring (bicyclic) bond motifs is 1. The third kappa shape index (κ3) is 4.79. The maximum atomic E-state index is 13.1. The number of amides is 1. The molecule has 0 aliphatic carbocycles. The lowest BCUT2D eigenvalue weighted by atomic mass is 9.89. The summed E-state index contributed by atoms with van der Waals surface area (Å²) in [4.78, 5) is 21.2. The zero-order valence-corrected chi connectivity index (χ0v) is 18.5. The number of anilines is 1. The van der Waals surface area contributed by atoms with E-state index in [0.717, 1.165) is 42.3 Å². The number of carbonyl (C=O) groups excluding carboxylic acids is 1. The molecule has 34 heavy (non-hydrogen) atoms. The second-order valence-electron chi connectivity index (χ2n) is 8.54. The lowest BCUT2D eigenvalue weighted by Gasteiger charge is -2.23. The molecule has 172 valence electrons. The highest BCUT2D eigenvalue weighted by Gasteiger charge is 2.17. The molecule has 1 aliphatic rings. The minimum Gasteiger partial charge on any atom is -0.317 e. The van der Waals surface area contributed by atoms with Crippen molar-refractivity contribution < 1.29 is 13.6 Å². The SMILES string of the molecule is O=C(Nc1cc2cc(-c3cncc(C(F)F)c3)ccc2cn1)c1cccc(C2CCNCC2)c1. The molecule has 5 rings (SSSR count). The average molecular weight is 459 g/mol. The Morgan fingerprint density at radius 1 is 0.941 bits per heavy atom. The summed E-state index contributed by atoms with van der Waals surface area (Å²) in [5, 5.41) is 7.98. The van der Waals surface area contributed by atoms with Crippen molar-refractivity contribution in [1.29, 1.82) is 0 Å². The number of aromatic nitrogens is 2. The van der Waals surface area contributed by atoms with Gasteiger partial charge in [-0.1, -0.05) is 24.3 Å². The van der Waals surface area contributed by atoms with Gasteiger partial charge in [0.1, 0.15) is 5.82 Å². The molecule has 0 unspecified atom stereocenters. The predicted molar refractivity (Wildman–Crippen MR) is 129 cm³/mol. The van der Waals surface area contributed by atoms with E-state index in [4.69, 9.17) is 0 Å². The lowest BCUT2D eigenvalue weighted by molar-refractivity contribution is 0.102. The summed E-state index contributed by atoms with van der Waals surface area (Å²) in [5.74, 6) is 0.679. The van der Waals surface area contributed by atoms with E-state index in [1.807, 2.05) is 36.4 Å². The zero-order chi connectivity index (χ0) is 23.5. The van der Waals surface area contributed by atoms with Crippen LogP contribution in [0.5, 0.6) is 0 Å². The number of halogens is 2. The van der Waals surface area contributed by atoms with E-state index in [9.17, 15) is 13.6 Å². The van der Waals surface area contributed by atoms with Crippen LogP contribution in [0.4, 0.5) is 14.6 Å². The molecule has 0 spiro atoms. The summed E-state index contributed by atoms with van der Waals surface area (Å²) in [6, 6.07) is 16.6. The average Bonchev–Trinajstić information content (AvgIpc) is 2.89. The van der Waals surface area contributed by atoms with Crippen molar-refractivity contribution in [3.8, 4) is 11.1 Å². The topological polar surface area (TPSA) is 66.9 Å². The molecule has 2 aromatic heterocycles. The standard InChI is InChI=1S/C27H24F2N4O/c28-26(29)24-12-23(14-31-15-24)19-4-5-21-16-32-25(13-22(21)11-19)33-27(34)20-3-1-2-18(10-20)17-6-8-30-9-7-17/h1-5,10-17,26,30H,6-9H2,(H,32,33,34). The van der Waals surface area contributed by atoms with E-state index in [2.05, 4.69) is 26.7 Å². The minimum atomic E-state index is -2.58. The van der Waals surface area contributed by atoms with Gasteiger partial charge >= 0.3 is 0 Å². The second-order valence-corrected chi connectivity index (χ2v) is 8.54. The molecule has 2 N–H and O–H groups in total. The molecule has 5 nitrogen and oxygen atoms in total. The van der Waals surface area contributed by atoms with Crippen LogP contribution in [0.2, 0.25) is 0 Å². The van der Waals surface area contributed by atoms with Crippen LogP contribution in [0.1, 0.15) is 46.7 Å². The fraction of sp³-hybridized carbons (Fsp3) is 0.222. The van der Waals surface area contributed by atoms with E-state index in [0.29, 0.717) is 22.9 Å². The van der Waals surface area contributed by atoms with Crippen molar-refractivity contribution in [2.24, 2.45) is 0 Å². The predicted octanol–water partition coefficient (Wildman–Crippen LogP) is 5.95. The first-order valence-electron chi connectivity index (χ1n) is 11.3. The van der Waals surface area contributed by atoms with Crippen molar-refractivity contribution in [2.45, 2.75) is 25.2 Å². The van der Waals surface area contributed by atoms with Crippen LogP contribution in [0.25, 0.3) is 21.9 Å². The van der Waals surface area contributed by atoms with E-state index in [1.165, 1.54) is 17.8 Å². The third-order valence-electron chi connectivity index (χ3n) is 6.27. The normalized spacial score (nSPS) is 14.4. The van der Waals surface area contributed by atoms with Crippen LogP contribution in [0, 0.1) is 0 Å². The van der Waals surface area contributed by atoms with Crippen LogP contribution < -0.4 is 10.6 Å². The van der Waals surface area contributed by atoms with Gasteiger partial charge in [0.15, 0.2) is 0 Å². The molecule has 4 aromatic rings. The number of benzene rings is 2. The van der Waals surface area contributed by atoms with Gasteiger partial charge in [-0.2, -0.15) is 0 Å². The molecule has 3 heterocycles. The van der Waals surface area contributed by atoms with Gasteiger partial charge in [0, 0.05) is 40.7 Å². The Kier molecular flexibility index (Phi) is 6.27. The third-order valence-corrected chi connectivity index (χ3v) is 6.27. The number of nitrogens with one attached hydrogen (secondary N) is 2. The Bertz CT molecular complexity index is 1340. The zero-order valence-electron chi connectivity index (χ0n) is 18.5. The fourth-order valence-corrected chi connectivity index (χ4v) is 4.40. The summed E-state index contributed by atoms with van der Waals surface area (Å²) >= 11 is 0. The van der Waals surface area contributed by atoms with E-state index < -0.39 is 6.43 Å².